The third-order valence-electron chi connectivity index (χ3n) is 1.99. The van der Waals surface area contributed by atoms with Gasteiger partial charge in [0.15, 0.2) is 15.7 Å². The van der Waals surface area contributed by atoms with Gasteiger partial charge in [0, 0.05) is 5.75 Å². The van der Waals surface area contributed by atoms with Gasteiger partial charge in [-0.3, -0.25) is 4.68 Å². The van der Waals surface area contributed by atoms with Crippen molar-refractivity contribution in [2.75, 3.05) is 18.6 Å². The Kier molecular flexibility index (Phi) is 4.22. The van der Waals surface area contributed by atoms with Gasteiger partial charge in [-0.05, 0) is 7.05 Å². The zero-order valence-electron chi connectivity index (χ0n) is 8.97. The molecule has 0 aliphatic carbocycles. The molecule has 0 atom stereocenters. The molecule has 0 aliphatic heterocycles. The van der Waals surface area contributed by atoms with Crippen LogP contribution in [-0.4, -0.2) is 41.7 Å². The highest BCUT2D eigenvalue weighted by Crippen LogP contribution is 1.94. The van der Waals surface area contributed by atoms with Crippen molar-refractivity contribution in [3.63, 3.8) is 0 Å². The molecule has 1 aromatic rings. The van der Waals surface area contributed by atoms with Gasteiger partial charge in [-0.1, -0.05) is 6.92 Å². The maximum absolute atomic E-state index is 11.2. The first kappa shape index (κ1) is 12.1. The second kappa shape index (κ2) is 5.22. The Morgan fingerprint density at radius 2 is 2.27 bits per heavy atom. The van der Waals surface area contributed by atoms with Crippen LogP contribution in [0.4, 0.5) is 0 Å². The second-order valence-corrected chi connectivity index (χ2v) is 5.66. The maximum atomic E-state index is 11.2. The molecule has 0 saturated carbocycles. The van der Waals surface area contributed by atoms with E-state index in [4.69, 9.17) is 0 Å². The van der Waals surface area contributed by atoms with Gasteiger partial charge >= 0.3 is 0 Å². The van der Waals surface area contributed by atoms with Crippen molar-refractivity contribution in [2.24, 2.45) is 0 Å². The van der Waals surface area contributed by atoms with Crippen LogP contribution in [0.15, 0.2) is 6.33 Å². The number of aromatic nitrogens is 3. The highest BCUT2D eigenvalue weighted by molar-refractivity contribution is 7.91. The Labute approximate surface area is 89.6 Å². The van der Waals surface area contributed by atoms with Crippen molar-refractivity contribution < 1.29 is 8.42 Å². The van der Waals surface area contributed by atoms with Crippen LogP contribution in [0.25, 0.3) is 0 Å². The van der Waals surface area contributed by atoms with Gasteiger partial charge in [-0.15, -0.1) is 0 Å². The number of aryl methyl sites for hydroxylation is 1. The first-order valence-corrected chi connectivity index (χ1v) is 6.63. The molecule has 0 unspecified atom stereocenters. The van der Waals surface area contributed by atoms with E-state index in [2.05, 4.69) is 15.4 Å². The van der Waals surface area contributed by atoms with E-state index in [9.17, 15) is 8.42 Å². The van der Waals surface area contributed by atoms with Gasteiger partial charge in [0.25, 0.3) is 0 Å². The summed E-state index contributed by atoms with van der Waals surface area (Å²) in [4.78, 5) is 4.03. The number of hydrogen-bond donors (Lipinski definition) is 1. The molecule has 1 rings (SSSR count). The van der Waals surface area contributed by atoms with Crippen LogP contribution in [0, 0.1) is 0 Å². The summed E-state index contributed by atoms with van der Waals surface area (Å²) >= 11 is 0. The van der Waals surface area contributed by atoms with Crippen molar-refractivity contribution in [1.29, 1.82) is 0 Å². The van der Waals surface area contributed by atoms with E-state index < -0.39 is 9.84 Å². The number of sulfone groups is 1. The van der Waals surface area contributed by atoms with Crippen molar-refractivity contribution >= 4 is 9.84 Å². The Balaban J connectivity index is 2.51. The molecule has 15 heavy (non-hydrogen) atoms. The van der Waals surface area contributed by atoms with Gasteiger partial charge in [-0.2, -0.15) is 5.10 Å². The average molecular weight is 232 g/mol. The lowest BCUT2D eigenvalue weighted by Gasteiger charge is -2.00. The third-order valence-corrected chi connectivity index (χ3v) is 3.67. The Morgan fingerprint density at radius 3 is 2.87 bits per heavy atom. The van der Waals surface area contributed by atoms with Crippen LogP contribution < -0.4 is 5.32 Å². The Morgan fingerprint density at radius 1 is 1.53 bits per heavy atom. The van der Waals surface area contributed by atoms with E-state index in [0.717, 1.165) is 0 Å². The zero-order chi connectivity index (χ0) is 11.3. The molecular formula is C8H16N4O2S. The smallest absolute Gasteiger partial charge is 0.164 e. The predicted molar refractivity (Wildman–Crippen MR) is 57.1 cm³/mol. The summed E-state index contributed by atoms with van der Waals surface area (Å²) in [5.41, 5.74) is 0. The molecule has 0 aromatic carbocycles. The third kappa shape index (κ3) is 3.96. The molecule has 86 valence electrons. The molecule has 1 aromatic heterocycles. The zero-order valence-corrected chi connectivity index (χ0v) is 9.79. The minimum Gasteiger partial charge on any atom is -0.313 e. The fourth-order valence-corrected chi connectivity index (χ4v) is 1.81. The molecule has 1 heterocycles. The summed E-state index contributed by atoms with van der Waals surface area (Å²) in [6, 6.07) is 0. The van der Waals surface area contributed by atoms with E-state index in [1.54, 1.807) is 17.9 Å². The fraction of sp³-hybridized carbons (Fsp3) is 0.750. The molecule has 0 saturated heterocycles. The van der Waals surface area contributed by atoms with Gasteiger partial charge in [0.05, 0.1) is 18.8 Å². The largest absolute Gasteiger partial charge is 0.313 e. The summed E-state index contributed by atoms with van der Waals surface area (Å²) in [7, 11) is -1.12. The molecule has 0 fully saturated rings. The van der Waals surface area contributed by atoms with Gasteiger partial charge in [0.2, 0.25) is 0 Å². The van der Waals surface area contributed by atoms with Gasteiger partial charge < -0.3 is 5.32 Å². The summed E-state index contributed by atoms with van der Waals surface area (Å²) < 4.78 is 24.0. The number of rotatable bonds is 6. The van der Waals surface area contributed by atoms with E-state index in [-0.39, 0.29) is 11.5 Å². The van der Waals surface area contributed by atoms with Crippen LogP contribution in [-0.2, 0) is 22.9 Å². The Bertz CT molecular complexity index is 399. The first-order chi connectivity index (χ1) is 7.07. The molecule has 6 nitrogen and oxygen atoms in total. The molecule has 1 N–H and O–H groups in total. The fourth-order valence-electron chi connectivity index (χ4n) is 1.06. The molecular weight excluding hydrogens is 216 g/mol. The Hall–Kier alpha value is -0.950. The number of nitrogens with zero attached hydrogens (tertiary/aromatic N) is 3. The minimum atomic E-state index is -2.92. The lowest BCUT2D eigenvalue weighted by molar-refractivity contribution is 0.579. The van der Waals surface area contributed by atoms with Crippen molar-refractivity contribution in [1.82, 2.24) is 20.1 Å². The molecule has 0 radical (unpaired) electrons. The van der Waals surface area contributed by atoms with E-state index in [0.29, 0.717) is 18.9 Å². The average Bonchev–Trinajstić information content (AvgIpc) is 2.64. The lowest BCUT2D eigenvalue weighted by Crippen LogP contribution is -2.15. The molecule has 0 amide bonds. The van der Waals surface area contributed by atoms with Crippen molar-refractivity contribution in [3.05, 3.63) is 12.2 Å². The summed E-state index contributed by atoms with van der Waals surface area (Å²) in [5, 5.41) is 7.04. The van der Waals surface area contributed by atoms with Crippen LogP contribution in [0.3, 0.4) is 0 Å². The molecule has 7 heteroatoms. The summed E-state index contributed by atoms with van der Waals surface area (Å²) in [6.45, 7) is 2.60. The van der Waals surface area contributed by atoms with Gasteiger partial charge in [0.1, 0.15) is 6.33 Å². The van der Waals surface area contributed by atoms with Gasteiger partial charge in [-0.25, -0.2) is 13.4 Å². The monoisotopic (exact) mass is 232 g/mol. The van der Waals surface area contributed by atoms with Crippen LogP contribution in [0.2, 0.25) is 0 Å². The minimum absolute atomic E-state index is 0.117. The van der Waals surface area contributed by atoms with Crippen LogP contribution >= 0.6 is 0 Å². The molecule has 0 aliphatic rings. The SMILES string of the molecule is CCS(=O)(=O)CCn1cnc(CNC)n1. The first-order valence-electron chi connectivity index (χ1n) is 4.80. The van der Waals surface area contributed by atoms with Crippen molar-refractivity contribution in [2.45, 2.75) is 20.0 Å². The van der Waals surface area contributed by atoms with E-state index in [1.165, 1.54) is 0 Å². The normalized spacial score (nSPS) is 11.9. The number of nitrogens with one attached hydrogen (secondary N) is 1. The molecule has 0 bridgehead atoms. The van der Waals surface area contributed by atoms with E-state index >= 15 is 0 Å². The summed E-state index contributed by atoms with van der Waals surface area (Å²) in [6.07, 6.45) is 1.55. The standard InChI is InChI=1S/C8H16N4O2S/c1-3-15(13,14)5-4-12-7-10-8(11-12)6-9-2/h7,9H,3-6H2,1-2H3. The predicted octanol–water partition coefficient (Wildman–Crippen LogP) is -0.568. The molecule has 0 spiro atoms. The van der Waals surface area contributed by atoms with Crippen molar-refractivity contribution in [3.8, 4) is 0 Å². The number of hydrogen-bond acceptors (Lipinski definition) is 5. The van der Waals surface area contributed by atoms with Crippen LogP contribution in [0.5, 0.6) is 0 Å². The maximum Gasteiger partial charge on any atom is 0.164 e. The topological polar surface area (TPSA) is 76.9 Å². The van der Waals surface area contributed by atoms with E-state index in [1.807, 2.05) is 7.05 Å². The van der Waals surface area contributed by atoms with Crippen LogP contribution in [0.1, 0.15) is 12.7 Å². The lowest BCUT2D eigenvalue weighted by atomic mass is 10.6. The second-order valence-electron chi connectivity index (χ2n) is 3.19. The summed E-state index contributed by atoms with van der Waals surface area (Å²) in [5.74, 6) is 0.961. The highest BCUT2D eigenvalue weighted by Gasteiger charge is 2.08. The quantitative estimate of drug-likeness (QED) is 0.711. The highest BCUT2D eigenvalue weighted by atomic mass is 32.2.